The van der Waals surface area contributed by atoms with Crippen LogP contribution >= 0.6 is 12.2 Å². The monoisotopic (exact) mass is 255 g/mol. The lowest BCUT2D eigenvalue weighted by Gasteiger charge is -2.38. The molecule has 2 rings (SSSR count). The van der Waals surface area contributed by atoms with Crippen molar-refractivity contribution in [3.05, 3.63) is 0 Å². The Bertz CT molecular complexity index is 372. The topological polar surface area (TPSA) is 66.6 Å². The van der Waals surface area contributed by atoms with E-state index in [1.807, 2.05) is 4.90 Å². The molecule has 17 heavy (non-hydrogen) atoms. The SMILES string of the molecule is CC(C(=O)N1CCN2C(=O)CCC2C1)C(N)=S. The molecule has 2 N–H and O–H groups in total. The Balaban J connectivity index is 1.99. The van der Waals surface area contributed by atoms with E-state index >= 15 is 0 Å². The first kappa shape index (κ1) is 12.3. The lowest BCUT2D eigenvalue weighted by atomic mass is 10.1. The Morgan fingerprint density at radius 3 is 2.88 bits per heavy atom. The van der Waals surface area contributed by atoms with E-state index in [0.29, 0.717) is 26.1 Å². The largest absolute Gasteiger partial charge is 0.393 e. The molecule has 2 amide bonds. The minimum absolute atomic E-state index is 0.0171. The highest BCUT2D eigenvalue weighted by atomic mass is 32.1. The van der Waals surface area contributed by atoms with Crippen LogP contribution in [0.3, 0.4) is 0 Å². The molecule has 0 spiro atoms. The van der Waals surface area contributed by atoms with Crippen LogP contribution in [0.1, 0.15) is 19.8 Å². The van der Waals surface area contributed by atoms with E-state index < -0.39 is 5.92 Å². The quantitative estimate of drug-likeness (QED) is 0.691. The van der Waals surface area contributed by atoms with Crippen molar-refractivity contribution in [1.82, 2.24) is 9.80 Å². The highest BCUT2D eigenvalue weighted by Gasteiger charge is 2.37. The second-order valence-electron chi connectivity index (χ2n) is 4.69. The van der Waals surface area contributed by atoms with Crippen LogP contribution in [-0.4, -0.2) is 52.3 Å². The van der Waals surface area contributed by atoms with Crippen molar-refractivity contribution in [2.24, 2.45) is 11.7 Å². The second kappa shape index (κ2) is 4.60. The molecule has 0 aromatic heterocycles. The molecule has 2 fully saturated rings. The summed E-state index contributed by atoms with van der Waals surface area (Å²) in [5.41, 5.74) is 5.49. The zero-order valence-corrected chi connectivity index (χ0v) is 10.7. The number of thiocarbonyl (C=S) groups is 1. The summed E-state index contributed by atoms with van der Waals surface area (Å²) in [5, 5.41) is 0. The van der Waals surface area contributed by atoms with Gasteiger partial charge in [0.25, 0.3) is 0 Å². The Labute approximate surface area is 106 Å². The van der Waals surface area contributed by atoms with Gasteiger partial charge in [-0.1, -0.05) is 12.2 Å². The summed E-state index contributed by atoms with van der Waals surface area (Å²) in [7, 11) is 0. The molecule has 6 heteroatoms. The summed E-state index contributed by atoms with van der Waals surface area (Å²) < 4.78 is 0. The number of carbonyl (C=O) groups excluding carboxylic acids is 2. The molecule has 5 nitrogen and oxygen atoms in total. The Hall–Kier alpha value is -1.17. The van der Waals surface area contributed by atoms with E-state index in [1.165, 1.54) is 0 Å². The van der Waals surface area contributed by atoms with E-state index in [4.69, 9.17) is 18.0 Å². The fourth-order valence-corrected chi connectivity index (χ4v) is 2.56. The predicted octanol–water partition coefficient (Wildman–Crippen LogP) is -0.258. The summed E-state index contributed by atoms with van der Waals surface area (Å²) in [6, 6.07) is 0.193. The predicted molar refractivity (Wildman–Crippen MR) is 67.3 cm³/mol. The summed E-state index contributed by atoms with van der Waals surface area (Å²) >= 11 is 4.84. The minimum atomic E-state index is -0.409. The standard InChI is InChI=1S/C11H17N3O2S/c1-7(10(12)17)11(16)13-4-5-14-8(6-13)2-3-9(14)15/h7-8H,2-6H2,1H3,(H2,12,17). The first-order chi connectivity index (χ1) is 8.00. The van der Waals surface area contributed by atoms with Gasteiger partial charge in [0.1, 0.15) is 0 Å². The fraction of sp³-hybridized carbons (Fsp3) is 0.727. The number of fused-ring (bicyclic) bond motifs is 1. The molecule has 2 saturated heterocycles. The van der Waals surface area contributed by atoms with Crippen LogP contribution in [0.5, 0.6) is 0 Å². The van der Waals surface area contributed by atoms with Crippen molar-refractivity contribution in [2.75, 3.05) is 19.6 Å². The first-order valence-corrected chi connectivity index (χ1v) is 6.29. The molecule has 0 saturated carbocycles. The molecule has 0 radical (unpaired) electrons. The number of hydrogen-bond acceptors (Lipinski definition) is 3. The molecular weight excluding hydrogens is 238 g/mol. The number of hydrogen-bond donors (Lipinski definition) is 1. The Morgan fingerprint density at radius 1 is 1.53 bits per heavy atom. The average molecular weight is 255 g/mol. The maximum absolute atomic E-state index is 12.1. The molecule has 2 aliphatic rings. The summed E-state index contributed by atoms with van der Waals surface area (Å²) in [6.45, 7) is 3.59. The van der Waals surface area contributed by atoms with Gasteiger partial charge in [-0.05, 0) is 13.3 Å². The van der Waals surface area contributed by atoms with Gasteiger partial charge in [-0.3, -0.25) is 9.59 Å². The highest BCUT2D eigenvalue weighted by Crippen LogP contribution is 2.23. The fourth-order valence-electron chi connectivity index (χ4n) is 2.46. The Kier molecular flexibility index (Phi) is 3.33. The Morgan fingerprint density at radius 2 is 2.24 bits per heavy atom. The van der Waals surface area contributed by atoms with E-state index in [1.54, 1.807) is 11.8 Å². The normalized spacial score (nSPS) is 25.7. The highest BCUT2D eigenvalue weighted by molar-refractivity contribution is 7.80. The van der Waals surface area contributed by atoms with Gasteiger partial charge in [0, 0.05) is 32.1 Å². The van der Waals surface area contributed by atoms with Crippen LogP contribution in [-0.2, 0) is 9.59 Å². The summed E-state index contributed by atoms with van der Waals surface area (Å²) in [6.07, 6.45) is 1.46. The third kappa shape index (κ3) is 2.26. The van der Waals surface area contributed by atoms with Gasteiger partial charge in [-0.2, -0.15) is 0 Å². The third-order valence-electron chi connectivity index (χ3n) is 3.60. The zero-order chi connectivity index (χ0) is 12.6. The molecule has 2 atom stereocenters. The van der Waals surface area contributed by atoms with E-state index in [0.717, 1.165) is 6.42 Å². The maximum Gasteiger partial charge on any atom is 0.232 e. The number of rotatable bonds is 2. The van der Waals surface area contributed by atoms with Crippen LogP contribution in [0.25, 0.3) is 0 Å². The molecule has 2 aliphatic heterocycles. The van der Waals surface area contributed by atoms with Gasteiger partial charge in [0.15, 0.2) is 0 Å². The van der Waals surface area contributed by atoms with Gasteiger partial charge >= 0.3 is 0 Å². The molecule has 0 aromatic carbocycles. The van der Waals surface area contributed by atoms with Gasteiger partial charge in [0.2, 0.25) is 11.8 Å². The lowest BCUT2D eigenvalue weighted by Crippen LogP contribution is -2.55. The molecule has 94 valence electrons. The van der Waals surface area contributed by atoms with Crippen molar-refractivity contribution in [1.29, 1.82) is 0 Å². The van der Waals surface area contributed by atoms with Crippen molar-refractivity contribution < 1.29 is 9.59 Å². The number of nitrogens with two attached hydrogens (primary N) is 1. The van der Waals surface area contributed by atoms with Gasteiger partial charge in [0.05, 0.1) is 10.9 Å². The molecule has 0 bridgehead atoms. The summed E-state index contributed by atoms with van der Waals surface area (Å²) in [5.74, 6) is -0.213. The van der Waals surface area contributed by atoms with E-state index in [2.05, 4.69) is 0 Å². The number of piperazine rings is 1. The van der Waals surface area contributed by atoms with Crippen molar-refractivity contribution in [3.63, 3.8) is 0 Å². The molecule has 2 unspecified atom stereocenters. The molecule has 2 heterocycles. The number of carbonyl (C=O) groups is 2. The van der Waals surface area contributed by atoms with Crippen molar-refractivity contribution >= 4 is 29.0 Å². The first-order valence-electron chi connectivity index (χ1n) is 5.88. The number of amides is 2. The van der Waals surface area contributed by atoms with Crippen molar-refractivity contribution in [2.45, 2.75) is 25.8 Å². The van der Waals surface area contributed by atoms with Gasteiger partial charge in [-0.15, -0.1) is 0 Å². The molecule has 0 aliphatic carbocycles. The summed E-state index contributed by atoms with van der Waals surface area (Å²) in [4.78, 5) is 27.5. The second-order valence-corrected chi connectivity index (χ2v) is 5.16. The zero-order valence-electron chi connectivity index (χ0n) is 9.89. The number of nitrogens with zero attached hydrogens (tertiary/aromatic N) is 2. The van der Waals surface area contributed by atoms with E-state index in [-0.39, 0.29) is 22.8 Å². The molecule has 0 aromatic rings. The molecular formula is C11H17N3O2S. The smallest absolute Gasteiger partial charge is 0.232 e. The third-order valence-corrected chi connectivity index (χ3v) is 3.96. The van der Waals surface area contributed by atoms with Crippen LogP contribution in [0.2, 0.25) is 0 Å². The lowest BCUT2D eigenvalue weighted by molar-refractivity contribution is -0.140. The van der Waals surface area contributed by atoms with Gasteiger partial charge in [-0.25, -0.2) is 0 Å². The van der Waals surface area contributed by atoms with Crippen LogP contribution in [0.15, 0.2) is 0 Å². The van der Waals surface area contributed by atoms with Crippen LogP contribution < -0.4 is 5.73 Å². The minimum Gasteiger partial charge on any atom is -0.393 e. The van der Waals surface area contributed by atoms with Crippen LogP contribution in [0, 0.1) is 5.92 Å². The maximum atomic E-state index is 12.1. The van der Waals surface area contributed by atoms with E-state index in [9.17, 15) is 9.59 Å². The van der Waals surface area contributed by atoms with Crippen LogP contribution in [0.4, 0.5) is 0 Å². The van der Waals surface area contributed by atoms with Gasteiger partial charge < -0.3 is 15.5 Å². The average Bonchev–Trinajstić information content (AvgIpc) is 2.68. The van der Waals surface area contributed by atoms with Crippen molar-refractivity contribution in [3.8, 4) is 0 Å².